The molecule has 0 saturated heterocycles. The van der Waals surface area contributed by atoms with Gasteiger partial charge in [0, 0.05) is 22.0 Å². The molecule has 0 saturated carbocycles. The Morgan fingerprint density at radius 2 is 1.59 bits per heavy atom. The van der Waals surface area contributed by atoms with Gasteiger partial charge in [-0.2, -0.15) is 0 Å². The predicted octanol–water partition coefficient (Wildman–Crippen LogP) is 4.66. The number of methoxy groups -OCH3 is 1. The van der Waals surface area contributed by atoms with Crippen LogP contribution in [0.15, 0.2) is 60.7 Å². The monoisotopic (exact) mass is 401 g/mol. The molecule has 3 aromatic rings. The van der Waals surface area contributed by atoms with E-state index in [1.165, 1.54) is 7.11 Å². The van der Waals surface area contributed by atoms with Crippen molar-refractivity contribution in [3.63, 3.8) is 0 Å². The molecule has 6 heteroatoms. The lowest BCUT2D eigenvalue weighted by molar-refractivity contribution is -0.142. The number of hydrogen-bond acceptors (Lipinski definition) is 3. The molecule has 0 heterocycles. The number of rotatable bonds is 5. The molecule has 1 amide bonds. The minimum atomic E-state index is -0.918. The highest BCUT2D eigenvalue weighted by molar-refractivity contribution is 6.36. The van der Waals surface area contributed by atoms with Gasteiger partial charge >= 0.3 is 5.97 Å². The highest BCUT2D eigenvalue weighted by Crippen LogP contribution is 2.26. The number of amides is 1. The number of benzene rings is 3. The van der Waals surface area contributed by atoms with Gasteiger partial charge in [-0.1, -0.05) is 65.7 Å². The minimum Gasteiger partial charge on any atom is -0.467 e. The lowest BCUT2D eigenvalue weighted by Crippen LogP contribution is -2.43. The van der Waals surface area contributed by atoms with Crippen molar-refractivity contribution in [3.05, 3.63) is 81.8 Å². The third-order valence-electron chi connectivity index (χ3n) is 4.30. The fourth-order valence-corrected chi connectivity index (χ4v) is 3.48. The fourth-order valence-electron chi connectivity index (χ4n) is 2.93. The molecule has 3 rings (SSSR count). The van der Waals surface area contributed by atoms with Crippen LogP contribution in [0.25, 0.3) is 10.8 Å². The molecular formula is C21H17Cl2NO3. The van der Waals surface area contributed by atoms with Gasteiger partial charge < -0.3 is 10.1 Å². The second kappa shape index (κ2) is 8.42. The Morgan fingerprint density at radius 1 is 0.963 bits per heavy atom. The van der Waals surface area contributed by atoms with E-state index in [-0.39, 0.29) is 12.3 Å². The van der Waals surface area contributed by atoms with Crippen molar-refractivity contribution in [1.29, 1.82) is 0 Å². The van der Waals surface area contributed by atoms with Gasteiger partial charge in [-0.15, -0.1) is 0 Å². The first-order chi connectivity index (χ1) is 13.0. The van der Waals surface area contributed by atoms with Gasteiger partial charge in [0.15, 0.2) is 0 Å². The highest BCUT2D eigenvalue weighted by atomic mass is 35.5. The number of carbonyl (C=O) groups excluding carboxylic acids is 2. The minimum absolute atomic E-state index is 0.127. The quantitative estimate of drug-likeness (QED) is 0.632. The molecule has 0 unspecified atom stereocenters. The van der Waals surface area contributed by atoms with E-state index in [9.17, 15) is 9.59 Å². The largest absolute Gasteiger partial charge is 0.467 e. The Bertz CT molecular complexity index is 978. The van der Waals surface area contributed by atoms with Crippen molar-refractivity contribution in [3.8, 4) is 0 Å². The van der Waals surface area contributed by atoms with E-state index in [0.717, 1.165) is 10.8 Å². The van der Waals surface area contributed by atoms with Crippen LogP contribution in [0, 0.1) is 0 Å². The summed E-state index contributed by atoms with van der Waals surface area (Å²) in [5, 5.41) is 5.34. The zero-order valence-electron chi connectivity index (χ0n) is 14.5. The molecule has 0 aromatic heterocycles. The number of carbonyl (C=O) groups is 2. The van der Waals surface area contributed by atoms with Gasteiger partial charge in [0.25, 0.3) is 5.91 Å². The standard InChI is InChI=1S/C21H17Cl2NO3/c1-27-21(26)19(12-16-17(22)10-5-11-18(16)23)24-20(25)15-9-4-7-13-6-2-3-8-14(13)15/h2-11,19H,12H2,1H3,(H,24,25)/t19-/m0/s1. The summed E-state index contributed by atoms with van der Waals surface area (Å²) in [5.41, 5.74) is 1.06. The summed E-state index contributed by atoms with van der Waals surface area (Å²) in [5.74, 6) is -0.940. The van der Waals surface area contributed by atoms with Crippen molar-refractivity contribution in [2.75, 3.05) is 7.11 Å². The van der Waals surface area contributed by atoms with Gasteiger partial charge in [-0.25, -0.2) is 4.79 Å². The van der Waals surface area contributed by atoms with Crippen molar-refractivity contribution in [1.82, 2.24) is 5.32 Å². The van der Waals surface area contributed by atoms with Crippen LogP contribution in [0.3, 0.4) is 0 Å². The van der Waals surface area contributed by atoms with E-state index >= 15 is 0 Å². The molecule has 4 nitrogen and oxygen atoms in total. The Morgan fingerprint density at radius 3 is 2.30 bits per heavy atom. The SMILES string of the molecule is COC(=O)[C@H](Cc1c(Cl)cccc1Cl)NC(=O)c1cccc2ccccc12. The molecule has 27 heavy (non-hydrogen) atoms. The van der Waals surface area contributed by atoms with E-state index < -0.39 is 12.0 Å². The second-order valence-corrected chi connectivity index (χ2v) is 6.79. The predicted molar refractivity (Wildman–Crippen MR) is 107 cm³/mol. The molecule has 0 aliphatic rings. The number of ether oxygens (including phenoxy) is 1. The molecule has 0 aliphatic carbocycles. The van der Waals surface area contributed by atoms with Crippen LogP contribution in [0.2, 0.25) is 10.0 Å². The Labute approximate surface area is 167 Å². The number of halogens is 2. The first-order valence-electron chi connectivity index (χ1n) is 8.30. The summed E-state index contributed by atoms with van der Waals surface area (Å²) in [6.45, 7) is 0. The van der Waals surface area contributed by atoms with Gasteiger partial charge in [-0.05, 0) is 34.5 Å². The highest BCUT2D eigenvalue weighted by Gasteiger charge is 2.25. The number of fused-ring (bicyclic) bond motifs is 1. The van der Waals surface area contributed by atoms with Gasteiger partial charge in [-0.3, -0.25) is 4.79 Å². The zero-order chi connectivity index (χ0) is 19.4. The summed E-state index contributed by atoms with van der Waals surface area (Å²) >= 11 is 12.4. The molecule has 0 aliphatic heterocycles. The van der Waals surface area contributed by atoms with Crippen LogP contribution in [-0.2, 0) is 16.0 Å². The van der Waals surface area contributed by atoms with Crippen molar-refractivity contribution >= 4 is 45.9 Å². The third-order valence-corrected chi connectivity index (χ3v) is 5.00. The molecule has 0 fully saturated rings. The van der Waals surface area contributed by atoms with Crippen LogP contribution < -0.4 is 5.32 Å². The van der Waals surface area contributed by atoms with Gasteiger partial charge in [0.1, 0.15) is 6.04 Å². The normalized spacial score (nSPS) is 11.8. The van der Waals surface area contributed by atoms with E-state index in [0.29, 0.717) is 21.2 Å². The Kier molecular flexibility index (Phi) is 5.99. The van der Waals surface area contributed by atoms with E-state index in [2.05, 4.69) is 5.32 Å². The van der Waals surface area contributed by atoms with E-state index in [1.54, 1.807) is 30.3 Å². The Balaban J connectivity index is 1.90. The lowest BCUT2D eigenvalue weighted by atomic mass is 10.0. The summed E-state index contributed by atoms with van der Waals surface area (Å²) in [6.07, 6.45) is 0.127. The van der Waals surface area contributed by atoms with Crippen LogP contribution >= 0.6 is 23.2 Å². The number of nitrogens with one attached hydrogen (secondary N) is 1. The topological polar surface area (TPSA) is 55.4 Å². The molecule has 138 valence electrons. The molecule has 0 spiro atoms. The summed E-state index contributed by atoms with van der Waals surface area (Å²) in [4.78, 5) is 25.1. The summed E-state index contributed by atoms with van der Waals surface area (Å²) in [7, 11) is 1.27. The van der Waals surface area contributed by atoms with Crippen molar-refractivity contribution in [2.45, 2.75) is 12.5 Å². The van der Waals surface area contributed by atoms with Gasteiger partial charge in [0.05, 0.1) is 7.11 Å². The Hall–Kier alpha value is -2.56. The van der Waals surface area contributed by atoms with Crippen LogP contribution in [0.1, 0.15) is 15.9 Å². The van der Waals surface area contributed by atoms with Crippen LogP contribution in [0.5, 0.6) is 0 Å². The average Bonchev–Trinajstić information content (AvgIpc) is 2.68. The number of esters is 1. The molecular weight excluding hydrogens is 385 g/mol. The molecule has 0 bridgehead atoms. The maximum absolute atomic E-state index is 12.9. The second-order valence-electron chi connectivity index (χ2n) is 5.98. The average molecular weight is 402 g/mol. The van der Waals surface area contributed by atoms with E-state index in [1.807, 2.05) is 30.3 Å². The molecule has 0 radical (unpaired) electrons. The first-order valence-corrected chi connectivity index (χ1v) is 9.06. The maximum Gasteiger partial charge on any atom is 0.328 e. The van der Waals surface area contributed by atoms with E-state index in [4.69, 9.17) is 27.9 Å². The van der Waals surface area contributed by atoms with Crippen molar-refractivity contribution < 1.29 is 14.3 Å². The van der Waals surface area contributed by atoms with Crippen molar-refractivity contribution in [2.24, 2.45) is 0 Å². The lowest BCUT2D eigenvalue weighted by Gasteiger charge is -2.18. The maximum atomic E-state index is 12.9. The molecule has 1 atom stereocenters. The summed E-state index contributed by atoms with van der Waals surface area (Å²) < 4.78 is 4.85. The molecule has 1 N–H and O–H groups in total. The van der Waals surface area contributed by atoms with Crippen LogP contribution in [-0.4, -0.2) is 25.0 Å². The smallest absolute Gasteiger partial charge is 0.328 e. The third kappa shape index (κ3) is 4.24. The molecule has 3 aromatic carbocycles. The fraction of sp³-hybridized carbons (Fsp3) is 0.143. The first kappa shape index (κ1) is 19.2. The van der Waals surface area contributed by atoms with Crippen LogP contribution in [0.4, 0.5) is 0 Å². The number of hydrogen-bond donors (Lipinski definition) is 1. The van der Waals surface area contributed by atoms with Gasteiger partial charge in [0.2, 0.25) is 0 Å². The zero-order valence-corrected chi connectivity index (χ0v) is 16.1. The summed E-state index contributed by atoms with van der Waals surface area (Å²) in [6, 6.07) is 17.2.